The van der Waals surface area contributed by atoms with E-state index in [1.165, 1.54) is 0 Å². The summed E-state index contributed by atoms with van der Waals surface area (Å²) in [4.78, 5) is 11.2. The van der Waals surface area contributed by atoms with Crippen LogP contribution in [0.1, 0.15) is 42.3 Å². The molecule has 0 radical (unpaired) electrons. The summed E-state index contributed by atoms with van der Waals surface area (Å²) in [7, 11) is 1.98. The molecule has 2 aromatic carbocycles. The zero-order valence-electron chi connectivity index (χ0n) is 18.3. The highest BCUT2D eigenvalue weighted by Crippen LogP contribution is 2.33. The molecule has 0 bridgehead atoms. The largest absolute Gasteiger partial charge is 0.469 e. The van der Waals surface area contributed by atoms with Gasteiger partial charge in [-0.1, -0.05) is 48.2 Å². The monoisotopic (exact) mass is 475 g/mol. The number of rotatable bonds is 6. The third kappa shape index (κ3) is 6.19. The molecule has 31 heavy (non-hydrogen) atoms. The SMILES string of the molecule is CCN(C)/C=N/c1cc(Br)c(OC(C)c2ccccc2C#Cc2ccccc2)nc1C. The van der Waals surface area contributed by atoms with Gasteiger partial charge in [0, 0.05) is 30.3 Å². The van der Waals surface area contributed by atoms with Crippen LogP contribution in [-0.4, -0.2) is 29.8 Å². The van der Waals surface area contributed by atoms with Crippen molar-refractivity contribution in [3.63, 3.8) is 0 Å². The molecule has 0 fully saturated rings. The maximum absolute atomic E-state index is 6.22. The summed E-state index contributed by atoms with van der Waals surface area (Å²) in [6.45, 7) is 6.91. The van der Waals surface area contributed by atoms with E-state index in [4.69, 9.17) is 4.74 Å². The quantitative estimate of drug-likeness (QED) is 0.238. The zero-order valence-corrected chi connectivity index (χ0v) is 19.8. The molecule has 1 aromatic heterocycles. The number of halogens is 1. The van der Waals surface area contributed by atoms with Crippen molar-refractivity contribution in [2.24, 2.45) is 4.99 Å². The van der Waals surface area contributed by atoms with Gasteiger partial charge < -0.3 is 9.64 Å². The summed E-state index contributed by atoms with van der Waals surface area (Å²) >= 11 is 3.58. The Morgan fingerprint density at radius 3 is 2.58 bits per heavy atom. The molecule has 158 valence electrons. The molecule has 0 aliphatic carbocycles. The van der Waals surface area contributed by atoms with Gasteiger partial charge in [-0.15, -0.1) is 0 Å². The van der Waals surface area contributed by atoms with Gasteiger partial charge in [-0.3, -0.25) is 0 Å². The highest BCUT2D eigenvalue weighted by molar-refractivity contribution is 9.10. The maximum atomic E-state index is 6.22. The van der Waals surface area contributed by atoms with Crippen LogP contribution in [-0.2, 0) is 0 Å². The molecule has 1 atom stereocenters. The molecule has 0 aliphatic heterocycles. The van der Waals surface area contributed by atoms with Gasteiger partial charge in [0.05, 0.1) is 22.2 Å². The summed E-state index contributed by atoms with van der Waals surface area (Å²) in [5.41, 5.74) is 4.56. The molecule has 0 spiro atoms. The Balaban J connectivity index is 1.82. The lowest BCUT2D eigenvalue weighted by Crippen LogP contribution is -2.14. The van der Waals surface area contributed by atoms with Crippen molar-refractivity contribution in [1.29, 1.82) is 0 Å². The molecule has 0 saturated carbocycles. The molecular formula is C26H26BrN3O. The fourth-order valence-electron chi connectivity index (χ4n) is 2.86. The van der Waals surface area contributed by atoms with Crippen LogP contribution >= 0.6 is 15.9 Å². The first kappa shape index (κ1) is 22.6. The number of benzene rings is 2. The molecular weight excluding hydrogens is 450 g/mol. The number of aliphatic imine (C=N–C) groups is 1. The lowest BCUT2D eigenvalue weighted by Gasteiger charge is -2.17. The molecule has 4 nitrogen and oxygen atoms in total. The van der Waals surface area contributed by atoms with Crippen LogP contribution in [0, 0.1) is 18.8 Å². The van der Waals surface area contributed by atoms with Crippen molar-refractivity contribution < 1.29 is 4.74 Å². The van der Waals surface area contributed by atoms with E-state index < -0.39 is 0 Å². The lowest BCUT2D eigenvalue weighted by atomic mass is 10.0. The van der Waals surface area contributed by atoms with Crippen molar-refractivity contribution in [3.8, 4) is 17.7 Å². The Labute approximate surface area is 193 Å². The molecule has 0 saturated heterocycles. The standard InChI is InChI=1S/C26H26BrN3O/c1-5-30(4)18-28-25-17-24(27)26(29-19(25)2)31-20(3)23-14-10-9-13-22(23)16-15-21-11-7-6-8-12-21/h6-14,17-18,20H,5H2,1-4H3/b28-18+. The Hall–Kier alpha value is -3.10. The maximum Gasteiger partial charge on any atom is 0.228 e. The van der Waals surface area contributed by atoms with Crippen LogP contribution < -0.4 is 4.74 Å². The third-order valence-electron chi connectivity index (χ3n) is 4.80. The predicted octanol–water partition coefficient (Wildman–Crippen LogP) is 6.30. The van der Waals surface area contributed by atoms with Gasteiger partial charge in [0.1, 0.15) is 6.10 Å². The van der Waals surface area contributed by atoms with Crippen LogP contribution in [0.2, 0.25) is 0 Å². The first-order chi connectivity index (χ1) is 15.0. The number of pyridine rings is 1. The van der Waals surface area contributed by atoms with Crippen molar-refractivity contribution in [2.75, 3.05) is 13.6 Å². The number of ether oxygens (including phenoxy) is 1. The van der Waals surface area contributed by atoms with Gasteiger partial charge in [-0.2, -0.15) is 0 Å². The molecule has 3 rings (SSSR count). The average molecular weight is 476 g/mol. The van der Waals surface area contributed by atoms with Crippen molar-refractivity contribution in [2.45, 2.75) is 26.9 Å². The number of hydrogen-bond donors (Lipinski definition) is 0. The van der Waals surface area contributed by atoms with Crippen molar-refractivity contribution in [1.82, 2.24) is 9.88 Å². The number of aromatic nitrogens is 1. The molecule has 1 unspecified atom stereocenters. The third-order valence-corrected chi connectivity index (χ3v) is 5.37. The first-order valence-corrected chi connectivity index (χ1v) is 11.0. The van der Waals surface area contributed by atoms with E-state index in [1.54, 1.807) is 6.34 Å². The van der Waals surface area contributed by atoms with Crippen LogP contribution in [0.4, 0.5) is 5.69 Å². The molecule has 0 N–H and O–H groups in total. The minimum absolute atomic E-state index is 0.218. The number of hydrogen-bond acceptors (Lipinski definition) is 3. The Bertz CT molecular complexity index is 1120. The van der Waals surface area contributed by atoms with Crippen LogP contribution in [0.3, 0.4) is 0 Å². The summed E-state index contributed by atoms with van der Waals surface area (Å²) in [5, 5.41) is 0. The topological polar surface area (TPSA) is 37.7 Å². The van der Waals surface area contributed by atoms with Crippen molar-refractivity contribution >= 4 is 28.0 Å². The second-order valence-electron chi connectivity index (χ2n) is 7.16. The second-order valence-corrected chi connectivity index (χ2v) is 8.02. The average Bonchev–Trinajstić information content (AvgIpc) is 2.79. The normalized spacial score (nSPS) is 11.6. The fourth-order valence-corrected chi connectivity index (χ4v) is 3.26. The molecule has 0 aliphatic rings. The Morgan fingerprint density at radius 2 is 1.84 bits per heavy atom. The number of aryl methyl sites for hydroxylation is 1. The minimum Gasteiger partial charge on any atom is -0.469 e. The van der Waals surface area contributed by atoms with Gasteiger partial charge in [0.25, 0.3) is 0 Å². The highest BCUT2D eigenvalue weighted by Gasteiger charge is 2.15. The fraction of sp³-hybridized carbons (Fsp3) is 0.231. The zero-order chi connectivity index (χ0) is 22.2. The summed E-state index contributed by atoms with van der Waals surface area (Å²) in [6, 6.07) is 19.9. The van der Waals surface area contributed by atoms with Gasteiger partial charge in [0.2, 0.25) is 5.88 Å². The summed E-state index contributed by atoms with van der Waals surface area (Å²) in [6.07, 6.45) is 1.59. The Morgan fingerprint density at radius 1 is 1.13 bits per heavy atom. The molecule has 0 amide bonds. The van der Waals surface area contributed by atoms with Gasteiger partial charge in [-0.05, 0) is 61.0 Å². The summed E-state index contributed by atoms with van der Waals surface area (Å²) in [5.74, 6) is 7.04. The van der Waals surface area contributed by atoms with E-state index in [0.717, 1.165) is 39.1 Å². The van der Waals surface area contributed by atoms with E-state index >= 15 is 0 Å². The molecule has 3 aromatic rings. The van der Waals surface area contributed by atoms with Gasteiger partial charge in [0.15, 0.2) is 0 Å². The highest BCUT2D eigenvalue weighted by atomic mass is 79.9. The lowest BCUT2D eigenvalue weighted by molar-refractivity contribution is 0.215. The van der Waals surface area contributed by atoms with Gasteiger partial charge in [-0.25, -0.2) is 9.98 Å². The smallest absolute Gasteiger partial charge is 0.228 e. The minimum atomic E-state index is -0.218. The predicted molar refractivity (Wildman–Crippen MR) is 131 cm³/mol. The van der Waals surface area contributed by atoms with E-state index in [0.29, 0.717) is 5.88 Å². The van der Waals surface area contributed by atoms with Crippen LogP contribution in [0.25, 0.3) is 0 Å². The molecule has 1 heterocycles. The number of nitrogens with zero attached hydrogens (tertiary/aromatic N) is 3. The van der Waals surface area contributed by atoms with E-state index in [9.17, 15) is 0 Å². The van der Waals surface area contributed by atoms with Gasteiger partial charge >= 0.3 is 0 Å². The molecule has 5 heteroatoms. The van der Waals surface area contributed by atoms with Crippen LogP contribution in [0.5, 0.6) is 5.88 Å². The Kier molecular flexibility index (Phi) is 7.86. The van der Waals surface area contributed by atoms with E-state index in [-0.39, 0.29) is 6.10 Å². The second kappa shape index (κ2) is 10.8. The van der Waals surface area contributed by atoms with Crippen molar-refractivity contribution in [3.05, 3.63) is 87.5 Å². The van der Waals surface area contributed by atoms with Crippen LogP contribution in [0.15, 0.2) is 70.1 Å². The van der Waals surface area contributed by atoms with E-state index in [1.807, 2.05) is 86.5 Å². The van der Waals surface area contributed by atoms with E-state index in [2.05, 4.69) is 44.7 Å². The summed E-state index contributed by atoms with van der Waals surface area (Å²) < 4.78 is 6.99. The first-order valence-electron chi connectivity index (χ1n) is 10.2.